The maximum Gasteiger partial charge on any atom is 0.306 e. The highest BCUT2D eigenvalue weighted by Gasteiger charge is 2.08. The summed E-state index contributed by atoms with van der Waals surface area (Å²) < 4.78 is 10.4. The standard InChI is InChI=1S/C17H15NO3S/c19-16(9-8-14-7-4-10-20-14)21-12-15-11-18-17(22-15)13-5-2-1-3-6-13/h1-7,10-11H,8-9,12H2. The Labute approximate surface area is 132 Å². The van der Waals surface area contributed by atoms with E-state index in [2.05, 4.69) is 4.98 Å². The highest BCUT2D eigenvalue weighted by Crippen LogP contribution is 2.25. The Morgan fingerprint density at radius 2 is 2.05 bits per heavy atom. The zero-order chi connectivity index (χ0) is 15.2. The van der Waals surface area contributed by atoms with Crippen LogP contribution in [-0.4, -0.2) is 11.0 Å². The van der Waals surface area contributed by atoms with Crippen molar-refractivity contribution in [2.75, 3.05) is 0 Å². The molecule has 2 aromatic heterocycles. The maximum atomic E-state index is 11.7. The second-order valence-corrected chi connectivity index (χ2v) is 5.85. The van der Waals surface area contributed by atoms with E-state index in [-0.39, 0.29) is 12.6 Å². The Bertz CT molecular complexity index is 719. The Kier molecular flexibility index (Phi) is 4.65. The fraction of sp³-hybridized carbons (Fsp3) is 0.176. The summed E-state index contributed by atoms with van der Waals surface area (Å²) in [5, 5.41) is 0.933. The van der Waals surface area contributed by atoms with Gasteiger partial charge in [-0.05, 0) is 12.1 Å². The van der Waals surface area contributed by atoms with Crippen LogP contribution < -0.4 is 0 Å². The largest absolute Gasteiger partial charge is 0.469 e. The Balaban J connectivity index is 1.49. The molecule has 4 nitrogen and oxygen atoms in total. The lowest BCUT2D eigenvalue weighted by molar-refractivity contribution is -0.144. The minimum atomic E-state index is -0.230. The Hall–Kier alpha value is -2.40. The normalized spacial score (nSPS) is 10.5. The van der Waals surface area contributed by atoms with E-state index in [1.54, 1.807) is 12.5 Å². The van der Waals surface area contributed by atoms with Gasteiger partial charge < -0.3 is 9.15 Å². The van der Waals surface area contributed by atoms with Crippen molar-refractivity contribution in [1.82, 2.24) is 4.98 Å². The van der Waals surface area contributed by atoms with Crippen molar-refractivity contribution in [3.05, 3.63) is 65.6 Å². The number of aromatic nitrogens is 1. The van der Waals surface area contributed by atoms with Crippen molar-refractivity contribution in [1.29, 1.82) is 0 Å². The number of furan rings is 1. The summed E-state index contributed by atoms with van der Waals surface area (Å²) in [6.07, 6.45) is 4.23. The number of carbonyl (C=O) groups is 1. The number of esters is 1. The third-order valence-electron chi connectivity index (χ3n) is 3.11. The lowest BCUT2D eigenvalue weighted by atomic mass is 10.2. The van der Waals surface area contributed by atoms with Crippen LogP contribution in [0.15, 0.2) is 59.3 Å². The van der Waals surface area contributed by atoms with Gasteiger partial charge in [-0.1, -0.05) is 30.3 Å². The minimum absolute atomic E-state index is 0.230. The van der Waals surface area contributed by atoms with Crippen molar-refractivity contribution < 1.29 is 13.9 Å². The molecule has 0 atom stereocenters. The molecule has 112 valence electrons. The highest BCUT2D eigenvalue weighted by molar-refractivity contribution is 7.15. The first-order valence-corrected chi connectivity index (χ1v) is 7.81. The number of rotatable bonds is 6. The third-order valence-corrected chi connectivity index (χ3v) is 4.13. The lowest BCUT2D eigenvalue weighted by Gasteiger charge is -2.01. The number of nitrogens with zero attached hydrogens (tertiary/aromatic N) is 1. The van der Waals surface area contributed by atoms with Crippen molar-refractivity contribution in [2.45, 2.75) is 19.4 Å². The molecular weight excluding hydrogens is 298 g/mol. The van der Waals surface area contributed by atoms with E-state index in [4.69, 9.17) is 9.15 Å². The topological polar surface area (TPSA) is 52.3 Å². The van der Waals surface area contributed by atoms with Crippen LogP contribution in [0.1, 0.15) is 17.1 Å². The molecule has 0 saturated carbocycles. The van der Waals surface area contributed by atoms with Gasteiger partial charge >= 0.3 is 5.97 Å². The van der Waals surface area contributed by atoms with Crippen LogP contribution in [0.2, 0.25) is 0 Å². The fourth-order valence-corrected chi connectivity index (χ4v) is 2.82. The van der Waals surface area contributed by atoms with E-state index in [0.717, 1.165) is 21.2 Å². The summed E-state index contributed by atoms with van der Waals surface area (Å²) in [6, 6.07) is 13.6. The van der Waals surface area contributed by atoms with Crippen LogP contribution in [0, 0.1) is 0 Å². The van der Waals surface area contributed by atoms with E-state index in [1.807, 2.05) is 42.5 Å². The van der Waals surface area contributed by atoms with Gasteiger partial charge in [0.25, 0.3) is 0 Å². The molecule has 0 aliphatic heterocycles. The summed E-state index contributed by atoms with van der Waals surface area (Å²) >= 11 is 1.54. The lowest BCUT2D eigenvalue weighted by Crippen LogP contribution is -2.04. The Morgan fingerprint density at radius 3 is 2.82 bits per heavy atom. The third kappa shape index (κ3) is 3.83. The predicted molar refractivity (Wildman–Crippen MR) is 84.4 cm³/mol. The van der Waals surface area contributed by atoms with Crippen LogP contribution >= 0.6 is 11.3 Å². The van der Waals surface area contributed by atoms with Crippen LogP contribution in [0.4, 0.5) is 0 Å². The van der Waals surface area contributed by atoms with Gasteiger partial charge in [-0.25, -0.2) is 4.98 Å². The molecule has 0 amide bonds. The molecule has 0 N–H and O–H groups in total. The SMILES string of the molecule is O=C(CCc1ccco1)OCc1cnc(-c2ccccc2)s1. The average molecular weight is 313 g/mol. The fourth-order valence-electron chi connectivity index (χ4n) is 1.99. The number of hydrogen-bond acceptors (Lipinski definition) is 5. The van der Waals surface area contributed by atoms with Crippen LogP contribution in [0.25, 0.3) is 10.6 Å². The maximum absolute atomic E-state index is 11.7. The first kappa shape index (κ1) is 14.5. The number of thiazole rings is 1. The zero-order valence-electron chi connectivity index (χ0n) is 11.9. The quantitative estimate of drug-likeness (QED) is 0.643. The van der Waals surface area contributed by atoms with E-state index in [9.17, 15) is 4.79 Å². The molecule has 0 spiro atoms. The monoisotopic (exact) mass is 313 g/mol. The van der Waals surface area contributed by atoms with Gasteiger partial charge in [-0.3, -0.25) is 4.79 Å². The van der Waals surface area contributed by atoms with Crippen LogP contribution in [0.5, 0.6) is 0 Å². The molecule has 0 unspecified atom stereocenters. The predicted octanol–water partition coefficient (Wildman–Crippen LogP) is 4.08. The average Bonchev–Trinajstić information content (AvgIpc) is 3.23. The molecular formula is C17H15NO3S. The molecule has 0 aliphatic rings. The van der Waals surface area contributed by atoms with Crippen molar-refractivity contribution in [2.24, 2.45) is 0 Å². The molecule has 2 heterocycles. The first-order valence-electron chi connectivity index (χ1n) is 6.99. The molecule has 0 bridgehead atoms. The van der Waals surface area contributed by atoms with E-state index in [1.165, 1.54) is 11.3 Å². The molecule has 0 radical (unpaired) electrons. The number of carbonyl (C=O) groups excluding carboxylic acids is 1. The summed E-state index contributed by atoms with van der Waals surface area (Å²) in [7, 11) is 0. The zero-order valence-corrected chi connectivity index (χ0v) is 12.7. The van der Waals surface area contributed by atoms with Crippen LogP contribution in [-0.2, 0) is 22.6 Å². The number of aryl methyl sites for hydroxylation is 1. The molecule has 3 aromatic rings. The van der Waals surface area contributed by atoms with Gasteiger partial charge in [-0.2, -0.15) is 0 Å². The van der Waals surface area contributed by atoms with Gasteiger partial charge in [0.05, 0.1) is 17.6 Å². The number of benzene rings is 1. The number of ether oxygens (including phenoxy) is 1. The van der Waals surface area contributed by atoms with Crippen molar-refractivity contribution >= 4 is 17.3 Å². The highest BCUT2D eigenvalue weighted by atomic mass is 32.1. The second kappa shape index (κ2) is 7.04. The first-order chi connectivity index (χ1) is 10.8. The molecule has 0 fully saturated rings. The smallest absolute Gasteiger partial charge is 0.306 e. The molecule has 5 heteroatoms. The van der Waals surface area contributed by atoms with Gasteiger partial charge in [0.15, 0.2) is 0 Å². The van der Waals surface area contributed by atoms with Crippen LogP contribution in [0.3, 0.4) is 0 Å². The Morgan fingerprint density at radius 1 is 1.18 bits per heavy atom. The van der Waals surface area contributed by atoms with E-state index >= 15 is 0 Å². The minimum Gasteiger partial charge on any atom is -0.469 e. The van der Waals surface area contributed by atoms with Crippen molar-refractivity contribution in [3.63, 3.8) is 0 Å². The molecule has 3 rings (SSSR count). The van der Waals surface area contributed by atoms with Gasteiger partial charge in [0.2, 0.25) is 0 Å². The molecule has 0 aliphatic carbocycles. The van der Waals surface area contributed by atoms with E-state index < -0.39 is 0 Å². The van der Waals surface area contributed by atoms with Crippen molar-refractivity contribution in [3.8, 4) is 10.6 Å². The molecule has 22 heavy (non-hydrogen) atoms. The van der Waals surface area contributed by atoms with Gasteiger partial charge in [0.1, 0.15) is 17.4 Å². The number of hydrogen-bond donors (Lipinski definition) is 0. The summed E-state index contributed by atoms with van der Waals surface area (Å²) in [4.78, 5) is 17.0. The summed E-state index contributed by atoms with van der Waals surface area (Å²) in [5.74, 6) is 0.562. The van der Waals surface area contributed by atoms with Gasteiger partial charge in [-0.15, -0.1) is 11.3 Å². The van der Waals surface area contributed by atoms with Gasteiger partial charge in [0, 0.05) is 18.2 Å². The summed E-state index contributed by atoms with van der Waals surface area (Å²) in [6.45, 7) is 0.265. The molecule has 1 aromatic carbocycles. The van der Waals surface area contributed by atoms with E-state index in [0.29, 0.717) is 12.8 Å². The molecule has 0 saturated heterocycles. The summed E-state index contributed by atoms with van der Waals surface area (Å²) in [5.41, 5.74) is 1.07. The second-order valence-electron chi connectivity index (χ2n) is 4.74.